The molecule has 0 rings (SSSR count). The molecule has 6 heteroatoms. The van der Waals surface area contributed by atoms with Crippen LogP contribution < -0.4 is 5.32 Å². The second-order valence-electron chi connectivity index (χ2n) is 2.06. The van der Waals surface area contributed by atoms with E-state index in [1.54, 1.807) is 0 Å². The minimum Gasteiger partial charge on any atom is -0.320 e. The second-order valence-corrected chi connectivity index (χ2v) is 4.42. The number of hydrogen-bond acceptors (Lipinski definition) is 4. The molecule has 0 bridgehead atoms. The van der Waals surface area contributed by atoms with Crippen LogP contribution >= 0.6 is 0 Å². The molecule has 0 fully saturated rings. The maximum Gasteiger partial charge on any atom is 0.266 e. The van der Waals surface area contributed by atoms with Crippen LogP contribution in [-0.2, 0) is 24.4 Å². The molecule has 68 valence electrons. The van der Waals surface area contributed by atoms with Crippen molar-refractivity contribution in [3.63, 3.8) is 0 Å². The van der Waals surface area contributed by atoms with Gasteiger partial charge in [-0.05, 0) is 26.4 Å². The van der Waals surface area contributed by atoms with E-state index in [0.717, 1.165) is 19.4 Å². The summed E-state index contributed by atoms with van der Waals surface area (Å²) in [5.41, 5.74) is 0. The summed E-state index contributed by atoms with van der Waals surface area (Å²) < 4.78 is 23.3. The first-order chi connectivity index (χ1) is 5.06. The normalized spacial score (nSPS) is 16.2. The third-order valence-corrected chi connectivity index (χ3v) is 1.81. The van der Waals surface area contributed by atoms with E-state index in [0.29, 0.717) is 0 Å². The van der Waals surface area contributed by atoms with Gasteiger partial charge in [-0.2, -0.15) is 4.21 Å². The molecular weight excluding hydrogens is 186 g/mol. The number of hydrogen-bond donors (Lipinski definition) is 2. The van der Waals surface area contributed by atoms with E-state index in [4.69, 9.17) is 4.55 Å². The summed E-state index contributed by atoms with van der Waals surface area (Å²) in [6.45, 7) is 1.13. The SMILES string of the molecule is CNCCCCOS(=O)(O)=S. The second kappa shape index (κ2) is 5.84. The first kappa shape index (κ1) is 11.2. The first-order valence-corrected chi connectivity index (χ1v) is 5.69. The predicted octanol–water partition coefficient (Wildman–Crippen LogP) is 0.137. The lowest BCUT2D eigenvalue weighted by Crippen LogP contribution is -2.09. The Morgan fingerprint density at radius 2 is 2.27 bits per heavy atom. The Morgan fingerprint density at radius 3 is 2.73 bits per heavy atom. The van der Waals surface area contributed by atoms with E-state index in [-0.39, 0.29) is 6.61 Å². The van der Waals surface area contributed by atoms with Crippen LogP contribution in [-0.4, -0.2) is 29.0 Å². The molecule has 0 saturated heterocycles. The minimum absolute atomic E-state index is 0.251. The van der Waals surface area contributed by atoms with Crippen LogP contribution in [0.5, 0.6) is 0 Å². The highest BCUT2D eigenvalue weighted by Gasteiger charge is 1.97. The molecule has 0 heterocycles. The Hall–Kier alpha value is 0.250. The van der Waals surface area contributed by atoms with Crippen molar-refractivity contribution in [3.8, 4) is 0 Å². The molecule has 0 radical (unpaired) electrons. The largest absolute Gasteiger partial charge is 0.320 e. The van der Waals surface area contributed by atoms with Crippen molar-refractivity contribution in [2.45, 2.75) is 12.8 Å². The van der Waals surface area contributed by atoms with Crippen molar-refractivity contribution in [3.05, 3.63) is 0 Å². The highest BCUT2D eigenvalue weighted by atomic mass is 32.9. The van der Waals surface area contributed by atoms with E-state index < -0.39 is 9.05 Å². The van der Waals surface area contributed by atoms with Gasteiger partial charge in [-0.15, -0.1) is 0 Å². The van der Waals surface area contributed by atoms with Crippen LogP contribution in [0.25, 0.3) is 0 Å². The van der Waals surface area contributed by atoms with Crippen LogP contribution in [0.4, 0.5) is 0 Å². The molecule has 0 aromatic rings. The van der Waals surface area contributed by atoms with E-state index in [1.165, 1.54) is 0 Å². The van der Waals surface area contributed by atoms with Gasteiger partial charge >= 0.3 is 0 Å². The average molecular weight is 199 g/mol. The molecule has 0 aromatic heterocycles. The molecule has 0 spiro atoms. The van der Waals surface area contributed by atoms with Gasteiger partial charge in [-0.1, -0.05) is 0 Å². The first-order valence-electron chi connectivity index (χ1n) is 3.32. The van der Waals surface area contributed by atoms with E-state index >= 15 is 0 Å². The zero-order valence-corrected chi connectivity index (χ0v) is 8.04. The average Bonchev–Trinajstić information content (AvgIpc) is 1.85. The fraction of sp³-hybridized carbons (Fsp3) is 1.00. The van der Waals surface area contributed by atoms with Gasteiger partial charge in [0.2, 0.25) is 0 Å². The highest BCUT2D eigenvalue weighted by Crippen LogP contribution is 1.92. The van der Waals surface area contributed by atoms with Gasteiger partial charge in [-0.3, -0.25) is 8.74 Å². The summed E-state index contributed by atoms with van der Waals surface area (Å²) in [7, 11) is -1.55. The maximum absolute atomic E-state index is 10.4. The lowest BCUT2D eigenvalue weighted by Gasteiger charge is -2.00. The van der Waals surface area contributed by atoms with Gasteiger partial charge in [0.25, 0.3) is 9.05 Å². The van der Waals surface area contributed by atoms with Crippen molar-refractivity contribution in [1.82, 2.24) is 5.32 Å². The maximum atomic E-state index is 10.4. The summed E-state index contributed by atoms with van der Waals surface area (Å²) >= 11 is 4.11. The molecule has 4 nitrogen and oxygen atoms in total. The summed E-state index contributed by atoms with van der Waals surface area (Å²) in [4.78, 5) is 0. The standard InChI is InChI=1S/C5H13NO3S2/c1-6-4-2-3-5-9-11(7,8)10/h6H,2-5H2,1H3,(H,7,8,10). The monoisotopic (exact) mass is 199 g/mol. The number of rotatable bonds is 6. The minimum atomic E-state index is -3.40. The van der Waals surface area contributed by atoms with Gasteiger partial charge in [0.05, 0.1) is 6.61 Å². The van der Waals surface area contributed by atoms with Crippen molar-refractivity contribution in [2.24, 2.45) is 0 Å². The molecule has 0 saturated carbocycles. The smallest absolute Gasteiger partial charge is 0.266 e. The van der Waals surface area contributed by atoms with Gasteiger partial charge in [-0.25, -0.2) is 0 Å². The highest BCUT2D eigenvalue weighted by molar-refractivity contribution is 8.27. The Balaban J connectivity index is 3.16. The predicted molar refractivity (Wildman–Crippen MR) is 47.2 cm³/mol. The third-order valence-electron chi connectivity index (χ3n) is 1.05. The van der Waals surface area contributed by atoms with Crippen LogP contribution in [0.2, 0.25) is 0 Å². The molecule has 1 atom stereocenters. The lowest BCUT2D eigenvalue weighted by molar-refractivity contribution is 0.296. The van der Waals surface area contributed by atoms with Crippen molar-refractivity contribution < 1.29 is 12.9 Å². The summed E-state index contributed by atoms with van der Waals surface area (Å²) in [6.07, 6.45) is 1.66. The molecule has 0 aliphatic heterocycles. The summed E-state index contributed by atoms with van der Waals surface area (Å²) in [5, 5.41) is 2.95. The van der Waals surface area contributed by atoms with Crippen LogP contribution in [0.15, 0.2) is 0 Å². The molecule has 0 aliphatic carbocycles. The van der Waals surface area contributed by atoms with Crippen molar-refractivity contribution in [2.75, 3.05) is 20.2 Å². The molecule has 2 N–H and O–H groups in total. The Labute approximate surface area is 72.0 Å². The zero-order valence-electron chi connectivity index (χ0n) is 6.41. The lowest BCUT2D eigenvalue weighted by atomic mass is 10.3. The van der Waals surface area contributed by atoms with Gasteiger partial charge < -0.3 is 5.32 Å². The Bertz CT molecular complexity index is 178. The fourth-order valence-electron chi connectivity index (χ4n) is 0.568. The molecule has 1 unspecified atom stereocenters. The van der Waals surface area contributed by atoms with Gasteiger partial charge in [0, 0.05) is 11.2 Å². The van der Waals surface area contributed by atoms with E-state index in [9.17, 15) is 4.21 Å². The van der Waals surface area contributed by atoms with Crippen LogP contribution in [0.1, 0.15) is 12.8 Å². The molecule has 11 heavy (non-hydrogen) atoms. The molecule has 0 aromatic carbocycles. The molecule has 0 amide bonds. The van der Waals surface area contributed by atoms with E-state index in [1.807, 2.05) is 7.05 Å². The molecular formula is C5H13NO3S2. The van der Waals surface area contributed by atoms with E-state index in [2.05, 4.69) is 20.7 Å². The van der Waals surface area contributed by atoms with Gasteiger partial charge in [0.15, 0.2) is 0 Å². The van der Waals surface area contributed by atoms with Gasteiger partial charge in [0.1, 0.15) is 0 Å². The molecule has 0 aliphatic rings. The van der Waals surface area contributed by atoms with Crippen molar-refractivity contribution >= 4 is 20.2 Å². The summed E-state index contributed by atoms with van der Waals surface area (Å²) in [6, 6.07) is 0. The zero-order chi connectivity index (χ0) is 8.74. The van der Waals surface area contributed by atoms with Crippen LogP contribution in [0.3, 0.4) is 0 Å². The van der Waals surface area contributed by atoms with Crippen LogP contribution in [0, 0.1) is 0 Å². The number of nitrogens with one attached hydrogen (secondary N) is 1. The fourth-order valence-corrected chi connectivity index (χ4v) is 1.10. The quantitative estimate of drug-likeness (QED) is 0.596. The Morgan fingerprint density at radius 1 is 1.64 bits per heavy atom. The topological polar surface area (TPSA) is 58.6 Å². The summed E-state index contributed by atoms with van der Waals surface area (Å²) in [5.74, 6) is 0. The van der Waals surface area contributed by atoms with Crippen molar-refractivity contribution in [1.29, 1.82) is 0 Å². The third kappa shape index (κ3) is 10.2. The number of unbranched alkanes of at least 4 members (excludes halogenated alkanes) is 1. The Kier molecular flexibility index (Phi) is 5.98.